The van der Waals surface area contributed by atoms with E-state index in [-0.39, 0.29) is 32.1 Å². The first-order valence-corrected chi connectivity index (χ1v) is 11.3. The Balaban J connectivity index is 1.54. The zero-order valence-electron chi connectivity index (χ0n) is 17.5. The van der Waals surface area contributed by atoms with Crippen molar-refractivity contribution in [3.8, 4) is 5.75 Å². The zero-order valence-corrected chi connectivity index (χ0v) is 18.3. The van der Waals surface area contributed by atoms with Crippen molar-refractivity contribution in [2.24, 2.45) is 0 Å². The molecular formula is C22H21F2N3O4S. The van der Waals surface area contributed by atoms with Crippen molar-refractivity contribution < 1.29 is 26.7 Å². The molecule has 7 nitrogen and oxygen atoms in total. The van der Waals surface area contributed by atoms with Crippen LogP contribution in [0.25, 0.3) is 10.9 Å². The predicted octanol–water partition coefficient (Wildman–Crippen LogP) is 2.98. The van der Waals surface area contributed by atoms with Gasteiger partial charge in [0.2, 0.25) is 10.0 Å². The molecule has 10 heteroatoms. The van der Waals surface area contributed by atoms with Gasteiger partial charge in [-0.2, -0.15) is 4.31 Å². The molecule has 4 rings (SSSR count). The summed E-state index contributed by atoms with van der Waals surface area (Å²) in [5, 5.41) is 0.745. The Kier molecular flexibility index (Phi) is 5.83. The molecule has 1 amide bonds. The van der Waals surface area contributed by atoms with Gasteiger partial charge in [-0.15, -0.1) is 0 Å². The van der Waals surface area contributed by atoms with E-state index in [1.165, 1.54) is 4.90 Å². The number of methoxy groups -OCH3 is 1. The van der Waals surface area contributed by atoms with Crippen LogP contribution in [0, 0.1) is 18.6 Å². The number of piperazine rings is 1. The van der Waals surface area contributed by atoms with Crippen LogP contribution in [0.4, 0.5) is 8.78 Å². The Bertz CT molecular complexity index is 1290. The number of ether oxygens (including phenoxy) is 1. The molecule has 0 radical (unpaired) electrons. The van der Waals surface area contributed by atoms with Gasteiger partial charge < -0.3 is 9.64 Å². The Hall–Kier alpha value is -3.11. The van der Waals surface area contributed by atoms with Crippen LogP contribution in [0.15, 0.2) is 47.4 Å². The highest BCUT2D eigenvalue weighted by Gasteiger charge is 2.34. The maximum atomic E-state index is 14.0. The molecule has 2 aromatic carbocycles. The minimum absolute atomic E-state index is 0.0737. The molecule has 32 heavy (non-hydrogen) atoms. The monoisotopic (exact) mass is 461 g/mol. The van der Waals surface area contributed by atoms with Gasteiger partial charge in [0, 0.05) is 31.6 Å². The van der Waals surface area contributed by atoms with Gasteiger partial charge in [-0.1, -0.05) is 6.07 Å². The molecular weight excluding hydrogens is 440 g/mol. The maximum Gasteiger partial charge on any atom is 0.255 e. The second-order valence-electron chi connectivity index (χ2n) is 7.43. The van der Waals surface area contributed by atoms with Gasteiger partial charge in [-0.05, 0) is 43.3 Å². The summed E-state index contributed by atoms with van der Waals surface area (Å²) in [6, 6.07) is 10.0. The van der Waals surface area contributed by atoms with E-state index in [9.17, 15) is 22.0 Å². The lowest BCUT2D eigenvalue weighted by Gasteiger charge is -2.34. The topological polar surface area (TPSA) is 79.8 Å². The van der Waals surface area contributed by atoms with Crippen molar-refractivity contribution in [2.45, 2.75) is 11.8 Å². The summed E-state index contributed by atoms with van der Waals surface area (Å²) in [6.07, 6.45) is 0. The average molecular weight is 461 g/mol. The molecule has 0 atom stereocenters. The standard InChI is InChI=1S/C22H21F2N3O4S/c1-14-17(13-15-12-16(31-2)6-7-20(15)25-14)22(28)26-8-10-27(11-9-26)32(29,30)21-18(23)4-3-5-19(21)24/h3-7,12-13H,8-11H2,1-2H3. The van der Waals surface area contributed by atoms with E-state index in [1.807, 2.05) is 0 Å². The Labute approximate surface area is 184 Å². The van der Waals surface area contributed by atoms with Crippen LogP contribution in [0.3, 0.4) is 0 Å². The van der Waals surface area contributed by atoms with Gasteiger partial charge >= 0.3 is 0 Å². The van der Waals surface area contributed by atoms with E-state index >= 15 is 0 Å². The van der Waals surface area contributed by atoms with Crippen LogP contribution in [-0.2, 0) is 10.0 Å². The SMILES string of the molecule is COc1ccc2nc(C)c(C(=O)N3CCN(S(=O)(=O)c4c(F)cccc4F)CC3)cc2c1. The molecule has 2 heterocycles. The molecule has 1 aromatic heterocycles. The summed E-state index contributed by atoms with van der Waals surface area (Å²) in [5.74, 6) is -1.93. The van der Waals surface area contributed by atoms with E-state index in [0.717, 1.165) is 33.4 Å². The third-order valence-electron chi connectivity index (χ3n) is 5.49. The number of aryl methyl sites for hydroxylation is 1. The van der Waals surface area contributed by atoms with Crippen molar-refractivity contribution in [1.82, 2.24) is 14.2 Å². The van der Waals surface area contributed by atoms with Crippen molar-refractivity contribution >= 4 is 26.8 Å². The first-order chi connectivity index (χ1) is 15.2. The van der Waals surface area contributed by atoms with Crippen LogP contribution in [0.2, 0.25) is 0 Å². The average Bonchev–Trinajstić information content (AvgIpc) is 2.77. The van der Waals surface area contributed by atoms with Gasteiger partial charge in [-0.25, -0.2) is 17.2 Å². The lowest BCUT2D eigenvalue weighted by Crippen LogP contribution is -2.50. The number of nitrogens with zero attached hydrogens (tertiary/aromatic N) is 3. The van der Waals surface area contributed by atoms with E-state index in [2.05, 4.69) is 4.98 Å². The van der Waals surface area contributed by atoms with Crippen LogP contribution >= 0.6 is 0 Å². The second kappa shape index (κ2) is 8.44. The third kappa shape index (κ3) is 3.91. The van der Waals surface area contributed by atoms with Crippen LogP contribution < -0.4 is 4.74 Å². The molecule has 0 saturated carbocycles. The summed E-state index contributed by atoms with van der Waals surface area (Å²) in [5.41, 5.74) is 1.68. The van der Waals surface area contributed by atoms with E-state index in [4.69, 9.17) is 4.74 Å². The Morgan fingerprint density at radius 3 is 2.31 bits per heavy atom. The van der Waals surface area contributed by atoms with Gasteiger partial charge in [0.1, 0.15) is 17.4 Å². The van der Waals surface area contributed by atoms with E-state index in [1.54, 1.807) is 38.3 Å². The second-order valence-corrected chi connectivity index (χ2v) is 9.30. The number of pyridine rings is 1. The number of carbonyl (C=O) groups excluding carboxylic acids is 1. The minimum Gasteiger partial charge on any atom is -0.497 e. The smallest absolute Gasteiger partial charge is 0.255 e. The van der Waals surface area contributed by atoms with Gasteiger partial charge in [0.15, 0.2) is 4.90 Å². The quantitative estimate of drug-likeness (QED) is 0.597. The number of hydrogen-bond donors (Lipinski definition) is 0. The fraction of sp³-hybridized carbons (Fsp3) is 0.273. The molecule has 1 aliphatic heterocycles. The number of hydrogen-bond acceptors (Lipinski definition) is 5. The number of carbonyl (C=O) groups is 1. The van der Waals surface area contributed by atoms with E-state index < -0.39 is 26.6 Å². The largest absolute Gasteiger partial charge is 0.497 e. The van der Waals surface area contributed by atoms with E-state index in [0.29, 0.717) is 17.0 Å². The molecule has 0 unspecified atom stereocenters. The molecule has 1 fully saturated rings. The lowest BCUT2D eigenvalue weighted by atomic mass is 10.1. The molecule has 0 aliphatic carbocycles. The fourth-order valence-corrected chi connectivity index (χ4v) is 5.29. The number of fused-ring (bicyclic) bond motifs is 1. The summed E-state index contributed by atoms with van der Waals surface area (Å²) < 4.78 is 59.8. The predicted molar refractivity (Wildman–Crippen MR) is 114 cm³/mol. The number of sulfonamides is 1. The minimum atomic E-state index is -4.36. The summed E-state index contributed by atoms with van der Waals surface area (Å²) in [7, 11) is -2.81. The highest BCUT2D eigenvalue weighted by atomic mass is 32.2. The molecule has 0 bridgehead atoms. The fourth-order valence-electron chi connectivity index (χ4n) is 3.75. The first kappa shape index (κ1) is 22.1. The van der Waals surface area contributed by atoms with Crippen LogP contribution in [0.5, 0.6) is 5.75 Å². The Morgan fingerprint density at radius 2 is 1.69 bits per heavy atom. The highest BCUT2D eigenvalue weighted by Crippen LogP contribution is 2.25. The number of benzene rings is 2. The van der Waals surface area contributed by atoms with Crippen LogP contribution in [0.1, 0.15) is 16.1 Å². The number of rotatable bonds is 4. The lowest BCUT2D eigenvalue weighted by molar-refractivity contribution is 0.0696. The molecule has 1 aliphatic rings. The van der Waals surface area contributed by atoms with Gasteiger partial charge in [-0.3, -0.25) is 9.78 Å². The summed E-state index contributed by atoms with van der Waals surface area (Å²) in [6.45, 7) is 1.76. The van der Waals surface area contributed by atoms with Crippen molar-refractivity contribution in [3.63, 3.8) is 0 Å². The normalized spacial score (nSPS) is 15.2. The Morgan fingerprint density at radius 1 is 1.03 bits per heavy atom. The van der Waals surface area contributed by atoms with Crippen LogP contribution in [-0.4, -0.2) is 61.8 Å². The molecule has 168 valence electrons. The molecule has 3 aromatic rings. The van der Waals surface area contributed by atoms with Gasteiger partial charge in [0.05, 0.1) is 23.9 Å². The van der Waals surface area contributed by atoms with Crippen molar-refractivity contribution in [1.29, 1.82) is 0 Å². The first-order valence-electron chi connectivity index (χ1n) is 9.91. The summed E-state index contributed by atoms with van der Waals surface area (Å²) in [4.78, 5) is 18.2. The number of aromatic nitrogens is 1. The molecule has 1 saturated heterocycles. The summed E-state index contributed by atoms with van der Waals surface area (Å²) >= 11 is 0. The zero-order chi connectivity index (χ0) is 23.0. The number of halogens is 2. The van der Waals surface area contributed by atoms with Crippen molar-refractivity contribution in [2.75, 3.05) is 33.3 Å². The third-order valence-corrected chi connectivity index (χ3v) is 7.44. The van der Waals surface area contributed by atoms with Crippen molar-refractivity contribution in [3.05, 3.63) is 65.4 Å². The number of amides is 1. The maximum absolute atomic E-state index is 14.0. The molecule has 0 spiro atoms. The highest BCUT2D eigenvalue weighted by molar-refractivity contribution is 7.89. The molecule has 0 N–H and O–H groups in total. The van der Waals surface area contributed by atoms with Gasteiger partial charge in [0.25, 0.3) is 5.91 Å².